The van der Waals surface area contributed by atoms with Crippen LogP contribution in [0.25, 0.3) is 22.2 Å². The van der Waals surface area contributed by atoms with E-state index in [2.05, 4.69) is 27.2 Å². The number of hydrazine groups is 1. The molecule has 1 fully saturated rings. The molecule has 5 rings (SSSR count). The van der Waals surface area contributed by atoms with Crippen molar-refractivity contribution in [3.05, 3.63) is 88.1 Å². The lowest BCUT2D eigenvalue weighted by Crippen LogP contribution is -2.47. The molecule has 0 aliphatic carbocycles. The van der Waals surface area contributed by atoms with E-state index < -0.39 is 17.9 Å². The van der Waals surface area contributed by atoms with Crippen molar-refractivity contribution in [3.63, 3.8) is 0 Å². The maximum Gasteiger partial charge on any atom is 0.326 e. The predicted molar refractivity (Wildman–Crippen MR) is 157 cm³/mol. The van der Waals surface area contributed by atoms with Gasteiger partial charge in [0.25, 0.3) is 11.8 Å². The number of carboxylic acid groups (broad SMARTS) is 1. The number of carboxylic acids is 1. The molecule has 4 aromatic rings. The van der Waals surface area contributed by atoms with Gasteiger partial charge in [-0.3, -0.25) is 15.0 Å². The first-order valence-corrected chi connectivity index (χ1v) is 13.5. The van der Waals surface area contributed by atoms with Crippen LogP contribution in [0.1, 0.15) is 51.1 Å². The number of aliphatic carboxylic acids is 1. The monoisotopic (exact) mass is 583 g/mol. The fraction of sp³-hybridized carbons (Fsp3) is 0.194. The number of nitrogens with zero attached hydrogens (tertiary/aromatic N) is 3. The molecule has 11 heteroatoms. The van der Waals surface area contributed by atoms with Gasteiger partial charge in [0.1, 0.15) is 6.04 Å². The number of halogens is 1. The summed E-state index contributed by atoms with van der Waals surface area (Å²) in [7, 11) is 1.50. The first-order valence-electron chi connectivity index (χ1n) is 13.1. The Kier molecular flexibility index (Phi) is 8.33. The van der Waals surface area contributed by atoms with E-state index >= 15 is 0 Å². The van der Waals surface area contributed by atoms with Gasteiger partial charge in [0.2, 0.25) is 5.88 Å². The van der Waals surface area contributed by atoms with Crippen LogP contribution in [0.15, 0.2) is 60.8 Å². The third kappa shape index (κ3) is 5.88. The van der Waals surface area contributed by atoms with Crippen LogP contribution in [0.3, 0.4) is 0 Å². The van der Waals surface area contributed by atoms with Crippen LogP contribution in [0, 0.1) is 11.8 Å². The molecule has 1 aliphatic heterocycles. The van der Waals surface area contributed by atoms with Gasteiger partial charge in [-0.1, -0.05) is 35.6 Å². The van der Waals surface area contributed by atoms with E-state index in [-0.39, 0.29) is 5.91 Å². The molecule has 0 bridgehead atoms. The van der Waals surface area contributed by atoms with Gasteiger partial charge >= 0.3 is 5.97 Å². The van der Waals surface area contributed by atoms with Crippen molar-refractivity contribution in [1.29, 1.82) is 0 Å². The topological polar surface area (TPSA) is 148 Å². The third-order valence-electron chi connectivity index (χ3n) is 7.04. The second kappa shape index (κ2) is 12.3. The molecular weight excluding hydrogens is 558 g/mol. The zero-order chi connectivity index (χ0) is 29.8. The van der Waals surface area contributed by atoms with Crippen LogP contribution >= 0.6 is 11.6 Å². The maximum absolute atomic E-state index is 13.0. The molecule has 10 nitrogen and oxygen atoms in total. The average molecular weight is 584 g/mol. The number of methoxy groups -OCH3 is 1. The Morgan fingerprint density at radius 2 is 1.88 bits per heavy atom. The highest BCUT2D eigenvalue weighted by atomic mass is 35.5. The van der Waals surface area contributed by atoms with E-state index in [1.807, 2.05) is 24.3 Å². The van der Waals surface area contributed by atoms with Crippen LogP contribution in [0.2, 0.25) is 5.02 Å². The Balaban J connectivity index is 1.38. The average Bonchev–Trinajstić information content (AvgIpc) is 3.02. The Hall–Kier alpha value is -4.98. The minimum absolute atomic E-state index is 0.296. The first-order chi connectivity index (χ1) is 20.3. The number of amides is 2. The molecule has 0 spiro atoms. The molecule has 1 atom stereocenters. The van der Waals surface area contributed by atoms with Crippen molar-refractivity contribution in [3.8, 4) is 29.0 Å². The number of benzene rings is 2. The van der Waals surface area contributed by atoms with E-state index in [9.17, 15) is 19.5 Å². The molecule has 212 valence electrons. The third-order valence-corrected chi connectivity index (χ3v) is 7.35. The highest BCUT2D eigenvalue weighted by molar-refractivity contribution is 6.32. The van der Waals surface area contributed by atoms with Crippen molar-refractivity contribution >= 4 is 40.3 Å². The number of piperidine rings is 1. The molecule has 2 aromatic heterocycles. The van der Waals surface area contributed by atoms with Gasteiger partial charge in [0.05, 0.1) is 28.9 Å². The predicted octanol–water partition coefficient (Wildman–Crippen LogP) is 4.04. The minimum atomic E-state index is -1.00. The summed E-state index contributed by atoms with van der Waals surface area (Å²) in [5.74, 6) is 10.0. The molecule has 0 saturated carbocycles. The summed E-state index contributed by atoms with van der Waals surface area (Å²) in [5.41, 5.74) is 5.87. The molecule has 4 N–H and O–H groups in total. The number of carbonyl (C=O) groups is 3. The second-order valence-corrected chi connectivity index (χ2v) is 10.0. The molecule has 0 unspecified atom stereocenters. The largest absolute Gasteiger partial charge is 0.481 e. The van der Waals surface area contributed by atoms with Crippen LogP contribution in [-0.2, 0) is 4.79 Å². The van der Waals surface area contributed by atoms with E-state index in [4.69, 9.17) is 22.2 Å². The number of nitrogens with one attached hydrogen (secondary N) is 1. The maximum atomic E-state index is 13.0. The molecule has 0 radical (unpaired) electrons. The zero-order valence-corrected chi connectivity index (χ0v) is 23.3. The summed E-state index contributed by atoms with van der Waals surface area (Å²) in [5, 5.41) is 10.3. The van der Waals surface area contributed by atoms with E-state index in [0.29, 0.717) is 62.7 Å². The SMILES string of the molecule is COc1cc2nc(-c3ccc(C#Cc4ccc(C(=O)N5CCCC[C@H]5C(=O)O)cc4Cl)cc3)cc(C(=O)NN)c2cn1. The van der Waals surface area contributed by atoms with Gasteiger partial charge in [-0.25, -0.2) is 20.6 Å². The van der Waals surface area contributed by atoms with Crippen LogP contribution < -0.4 is 16.0 Å². The Morgan fingerprint density at radius 3 is 2.57 bits per heavy atom. The molecule has 2 amide bonds. The molecule has 1 saturated heterocycles. The van der Waals surface area contributed by atoms with Gasteiger partial charge in [0.15, 0.2) is 0 Å². The second-order valence-electron chi connectivity index (χ2n) is 9.64. The summed E-state index contributed by atoms with van der Waals surface area (Å²) in [6.45, 7) is 0.395. The van der Waals surface area contributed by atoms with E-state index in [0.717, 1.165) is 18.4 Å². The smallest absolute Gasteiger partial charge is 0.326 e. The molecular formula is C31H26ClN5O5. The lowest BCUT2D eigenvalue weighted by Gasteiger charge is -2.33. The van der Waals surface area contributed by atoms with Crippen molar-refractivity contribution in [2.45, 2.75) is 25.3 Å². The van der Waals surface area contributed by atoms with Gasteiger partial charge in [0, 0.05) is 46.4 Å². The first kappa shape index (κ1) is 28.5. The number of rotatable bonds is 5. The number of nitrogens with two attached hydrogens (primary N) is 1. The molecule has 2 aromatic carbocycles. The van der Waals surface area contributed by atoms with E-state index in [1.165, 1.54) is 24.3 Å². The standard InChI is InChI=1S/C31H26ClN5O5/c1-42-28-16-26-23(17-34-28)22(29(38)36-33)15-25(35-26)20-9-6-18(7-10-20)5-8-19-11-12-21(14-24(19)32)30(39)37-13-3-2-4-27(37)31(40)41/h6-7,9-12,14-17,27H,2-4,13,33H2,1H3,(H,36,38)(H,40,41)/t27-/m0/s1. The summed E-state index contributed by atoms with van der Waals surface area (Å²) >= 11 is 6.45. The fourth-order valence-electron chi connectivity index (χ4n) is 4.84. The van der Waals surface area contributed by atoms with Gasteiger partial charge < -0.3 is 14.7 Å². The van der Waals surface area contributed by atoms with Gasteiger partial charge in [-0.2, -0.15) is 0 Å². The summed E-state index contributed by atoms with van der Waals surface area (Å²) in [4.78, 5) is 47.3. The number of fused-ring (bicyclic) bond motifs is 1. The number of carbonyl (C=O) groups excluding carboxylic acids is 2. The summed E-state index contributed by atoms with van der Waals surface area (Å²) in [6.07, 6.45) is 3.49. The van der Waals surface area contributed by atoms with Gasteiger partial charge in [-0.15, -0.1) is 0 Å². The van der Waals surface area contributed by atoms with Crippen molar-refractivity contribution < 1.29 is 24.2 Å². The van der Waals surface area contributed by atoms with Gasteiger partial charge in [-0.05, 0) is 55.7 Å². The summed E-state index contributed by atoms with van der Waals surface area (Å²) in [6, 6.07) is 14.6. The normalized spacial score (nSPS) is 14.5. The van der Waals surface area contributed by atoms with Crippen molar-refractivity contribution in [2.24, 2.45) is 5.84 Å². The van der Waals surface area contributed by atoms with Crippen LogP contribution in [0.4, 0.5) is 0 Å². The number of nitrogen functional groups attached to an aromatic ring is 1. The Bertz CT molecular complexity index is 1760. The number of ether oxygens (including phenoxy) is 1. The Labute approximate surface area is 246 Å². The number of aromatic nitrogens is 2. The highest BCUT2D eigenvalue weighted by Gasteiger charge is 2.32. The number of likely N-dealkylation sites (tertiary alicyclic amines) is 1. The van der Waals surface area contributed by atoms with Crippen molar-refractivity contribution in [1.82, 2.24) is 20.3 Å². The fourth-order valence-corrected chi connectivity index (χ4v) is 5.07. The lowest BCUT2D eigenvalue weighted by atomic mass is 10.0. The molecule has 3 heterocycles. The highest BCUT2D eigenvalue weighted by Crippen LogP contribution is 2.27. The van der Waals surface area contributed by atoms with E-state index in [1.54, 1.807) is 24.3 Å². The van der Waals surface area contributed by atoms with Crippen LogP contribution in [0.5, 0.6) is 5.88 Å². The van der Waals surface area contributed by atoms with Crippen LogP contribution in [-0.4, -0.2) is 57.5 Å². The number of hydrogen-bond donors (Lipinski definition) is 3. The number of hydrogen-bond acceptors (Lipinski definition) is 7. The lowest BCUT2D eigenvalue weighted by molar-refractivity contribution is -0.143. The molecule has 1 aliphatic rings. The van der Waals surface area contributed by atoms with Crippen molar-refractivity contribution in [2.75, 3.05) is 13.7 Å². The minimum Gasteiger partial charge on any atom is -0.481 e. The number of pyridine rings is 2. The Morgan fingerprint density at radius 1 is 1.10 bits per heavy atom. The molecule has 42 heavy (non-hydrogen) atoms. The quantitative estimate of drug-likeness (QED) is 0.138. The summed E-state index contributed by atoms with van der Waals surface area (Å²) < 4.78 is 5.20. The zero-order valence-electron chi connectivity index (χ0n) is 22.6.